The van der Waals surface area contributed by atoms with Gasteiger partial charge < -0.3 is 15.5 Å². The number of rotatable bonds is 4. The van der Waals surface area contributed by atoms with Gasteiger partial charge in [0.05, 0.1) is 0 Å². The molecule has 1 fully saturated rings. The Morgan fingerprint density at radius 1 is 1.39 bits per heavy atom. The standard InChI is InChI=1S/C14H22N2O2/c1-10-6-7-13(18-10)14(17)16-9-12-5-3-2-4-11(12)8-15/h6-7,11-12H,2-5,8-9,15H2,1H3,(H,16,17). The van der Waals surface area contributed by atoms with E-state index in [1.165, 1.54) is 25.7 Å². The molecule has 2 rings (SSSR count). The number of nitrogens with two attached hydrogens (primary N) is 1. The summed E-state index contributed by atoms with van der Waals surface area (Å²) in [6.45, 7) is 3.27. The summed E-state index contributed by atoms with van der Waals surface area (Å²) in [6.07, 6.45) is 4.87. The molecule has 0 aliphatic heterocycles. The van der Waals surface area contributed by atoms with Crippen LogP contribution in [-0.2, 0) is 0 Å². The van der Waals surface area contributed by atoms with Crippen molar-refractivity contribution in [3.05, 3.63) is 23.7 Å². The van der Waals surface area contributed by atoms with E-state index in [1.54, 1.807) is 12.1 Å². The highest BCUT2D eigenvalue weighted by molar-refractivity contribution is 5.91. The summed E-state index contributed by atoms with van der Waals surface area (Å²) in [7, 11) is 0. The van der Waals surface area contributed by atoms with Crippen LogP contribution in [0.2, 0.25) is 0 Å². The Labute approximate surface area is 108 Å². The zero-order chi connectivity index (χ0) is 13.0. The topological polar surface area (TPSA) is 68.3 Å². The number of hydrogen-bond acceptors (Lipinski definition) is 3. The van der Waals surface area contributed by atoms with Crippen molar-refractivity contribution in [3.63, 3.8) is 0 Å². The number of nitrogens with one attached hydrogen (secondary N) is 1. The Morgan fingerprint density at radius 2 is 2.11 bits per heavy atom. The molecule has 18 heavy (non-hydrogen) atoms. The van der Waals surface area contributed by atoms with Crippen molar-refractivity contribution in [3.8, 4) is 0 Å². The van der Waals surface area contributed by atoms with Crippen LogP contribution in [0.1, 0.15) is 42.0 Å². The second-order valence-electron chi connectivity index (χ2n) is 5.16. The Hall–Kier alpha value is -1.29. The maximum absolute atomic E-state index is 11.9. The summed E-state index contributed by atoms with van der Waals surface area (Å²) >= 11 is 0. The van der Waals surface area contributed by atoms with E-state index in [2.05, 4.69) is 5.32 Å². The first-order valence-electron chi connectivity index (χ1n) is 6.75. The van der Waals surface area contributed by atoms with Gasteiger partial charge in [-0.1, -0.05) is 12.8 Å². The molecule has 1 amide bonds. The molecular weight excluding hydrogens is 228 g/mol. The molecule has 4 heteroatoms. The molecule has 2 atom stereocenters. The molecule has 1 aliphatic rings. The minimum Gasteiger partial charge on any atom is -0.456 e. The van der Waals surface area contributed by atoms with Gasteiger partial charge in [-0.3, -0.25) is 4.79 Å². The largest absolute Gasteiger partial charge is 0.456 e. The first-order chi connectivity index (χ1) is 8.70. The summed E-state index contributed by atoms with van der Waals surface area (Å²) in [6, 6.07) is 3.52. The molecule has 0 saturated heterocycles. The molecule has 2 unspecified atom stereocenters. The van der Waals surface area contributed by atoms with Gasteiger partial charge in [0.25, 0.3) is 5.91 Å². The highest BCUT2D eigenvalue weighted by Crippen LogP contribution is 2.28. The molecule has 1 aromatic heterocycles. The van der Waals surface area contributed by atoms with E-state index in [1.807, 2.05) is 6.92 Å². The van der Waals surface area contributed by atoms with Crippen LogP contribution in [-0.4, -0.2) is 19.0 Å². The first kappa shape index (κ1) is 13.1. The number of carbonyl (C=O) groups excluding carboxylic acids is 1. The van der Waals surface area contributed by atoms with Crippen LogP contribution >= 0.6 is 0 Å². The van der Waals surface area contributed by atoms with Crippen molar-refractivity contribution in [1.82, 2.24) is 5.32 Å². The number of aryl methyl sites for hydroxylation is 1. The van der Waals surface area contributed by atoms with E-state index in [0.717, 1.165) is 12.3 Å². The van der Waals surface area contributed by atoms with E-state index in [4.69, 9.17) is 10.2 Å². The highest BCUT2D eigenvalue weighted by atomic mass is 16.3. The maximum Gasteiger partial charge on any atom is 0.287 e. The fraction of sp³-hybridized carbons (Fsp3) is 0.643. The Kier molecular flexibility index (Phi) is 4.42. The van der Waals surface area contributed by atoms with E-state index in [0.29, 0.717) is 24.1 Å². The fourth-order valence-electron chi connectivity index (χ4n) is 2.73. The van der Waals surface area contributed by atoms with Gasteiger partial charge in [-0.15, -0.1) is 0 Å². The first-order valence-corrected chi connectivity index (χ1v) is 6.75. The highest BCUT2D eigenvalue weighted by Gasteiger charge is 2.24. The average molecular weight is 250 g/mol. The molecule has 4 nitrogen and oxygen atoms in total. The lowest BCUT2D eigenvalue weighted by atomic mass is 9.79. The van der Waals surface area contributed by atoms with Crippen LogP contribution in [0.25, 0.3) is 0 Å². The Bertz CT molecular complexity index is 400. The van der Waals surface area contributed by atoms with Crippen LogP contribution in [0, 0.1) is 18.8 Å². The summed E-state index contributed by atoms with van der Waals surface area (Å²) in [5, 5.41) is 2.96. The quantitative estimate of drug-likeness (QED) is 0.859. The molecule has 1 aliphatic carbocycles. The molecule has 100 valence electrons. The van der Waals surface area contributed by atoms with Crippen LogP contribution in [0.4, 0.5) is 0 Å². The molecule has 0 spiro atoms. The van der Waals surface area contributed by atoms with E-state index >= 15 is 0 Å². The third-order valence-electron chi connectivity index (χ3n) is 3.86. The summed E-state index contributed by atoms with van der Waals surface area (Å²) in [5.41, 5.74) is 5.78. The van der Waals surface area contributed by atoms with Crippen molar-refractivity contribution in [1.29, 1.82) is 0 Å². The third-order valence-corrected chi connectivity index (χ3v) is 3.86. The molecule has 0 aromatic carbocycles. The zero-order valence-corrected chi connectivity index (χ0v) is 10.9. The number of amides is 1. The molecule has 0 radical (unpaired) electrons. The van der Waals surface area contributed by atoms with Crippen LogP contribution < -0.4 is 11.1 Å². The minimum absolute atomic E-state index is 0.121. The monoisotopic (exact) mass is 250 g/mol. The van der Waals surface area contributed by atoms with E-state index in [9.17, 15) is 4.79 Å². The van der Waals surface area contributed by atoms with Gasteiger partial charge in [0.2, 0.25) is 0 Å². The zero-order valence-electron chi connectivity index (χ0n) is 10.9. The van der Waals surface area contributed by atoms with Crippen molar-refractivity contribution < 1.29 is 9.21 Å². The molecule has 1 saturated carbocycles. The summed E-state index contributed by atoms with van der Waals surface area (Å²) < 4.78 is 5.30. The van der Waals surface area contributed by atoms with Crippen molar-refractivity contribution in [2.45, 2.75) is 32.6 Å². The number of furan rings is 1. The molecular formula is C14H22N2O2. The van der Waals surface area contributed by atoms with Crippen LogP contribution in [0.15, 0.2) is 16.5 Å². The van der Waals surface area contributed by atoms with Crippen LogP contribution in [0.5, 0.6) is 0 Å². The van der Waals surface area contributed by atoms with Gasteiger partial charge in [0.15, 0.2) is 5.76 Å². The molecule has 1 heterocycles. The van der Waals surface area contributed by atoms with Crippen molar-refractivity contribution in [2.24, 2.45) is 17.6 Å². The van der Waals surface area contributed by atoms with Gasteiger partial charge in [-0.25, -0.2) is 0 Å². The van der Waals surface area contributed by atoms with Crippen molar-refractivity contribution in [2.75, 3.05) is 13.1 Å². The van der Waals surface area contributed by atoms with Crippen molar-refractivity contribution >= 4 is 5.91 Å². The third kappa shape index (κ3) is 3.13. The Morgan fingerprint density at radius 3 is 2.72 bits per heavy atom. The summed E-state index contributed by atoms with van der Waals surface area (Å²) in [5.74, 6) is 2.11. The predicted molar refractivity (Wildman–Crippen MR) is 70.3 cm³/mol. The average Bonchev–Trinajstić information content (AvgIpc) is 2.83. The SMILES string of the molecule is Cc1ccc(C(=O)NCC2CCCCC2CN)o1. The second-order valence-corrected chi connectivity index (χ2v) is 5.16. The lowest BCUT2D eigenvalue weighted by Crippen LogP contribution is -2.36. The van der Waals surface area contributed by atoms with Gasteiger partial charge in [0.1, 0.15) is 5.76 Å². The van der Waals surface area contributed by atoms with E-state index in [-0.39, 0.29) is 5.91 Å². The normalized spacial score (nSPS) is 23.9. The lowest BCUT2D eigenvalue weighted by Gasteiger charge is -2.30. The Balaban J connectivity index is 1.85. The van der Waals surface area contributed by atoms with Gasteiger partial charge in [-0.05, 0) is 50.3 Å². The van der Waals surface area contributed by atoms with Gasteiger partial charge >= 0.3 is 0 Å². The maximum atomic E-state index is 11.9. The fourth-order valence-corrected chi connectivity index (χ4v) is 2.73. The molecule has 3 N–H and O–H groups in total. The summed E-state index contributed by atoms with van der Waals surface area (Å²) in [4.78, 5) is 11.9. The molecule has 0 bridgehead atoms. The minimum atomic E-state index is -0.121. The smallest absolute Gasteiger partial charge is 0.287 e. The number of hydrogen-bond donors (Lipinski definition) is 2. The van der Waals surface area contributed by atoms with Gasteiger partial charge in [0, 0.05) is 6.54 Å². The number of carbonyl (C=O) groups is 1. The molecule has 1 aromatic rings. The predicted octanol–water partition coefficient (Wildman–Crippen LogP) is 2.08. The van der Waals surface area contributed by atoms with E-state index < -0.39 is 0 Å². The van der Waals surface area contributed by atoms with Gasteiger partial charge in [-0.2, -0.15) is 0 Å². The second kappa shape index (κ2) is 6.05. The van der Waals surface area contributed by atoms with Crippen LogP contribution in [0.3, 0.4) is 0 Å². The lowest BCUT2D eigenvalue weighted by molar-refractivity contribution is 0.0906.